The molecule has 0 radical (unpaired) electrons. The number of fused-ring (bicyclic) bond motifs is 2. The third-order valence-corrected chi connectivity index (χ3v) is 6.92. The molecule has 186 valence electrons. The molecule has 0 atom stereocenters. The summed E-state index contributed by atoms with van der Waals surface area (Å²) in [6.45, 7) is 6.35. The summed E-state index contributed by atoms with van der Waals surface area (Å²) in [5.74, 6) is 1.21. The van der Waals surface area contributed by atoms with Crippen molar-refractivity contribution in [3.63, 3.8) is 0 Å². The molecule has 5 rings (SSSR count). The van der Waals surface area contributed by atoms with E-state index in [1.807, 2.05) is 93.6 Å². The first-order chi connectivity index (χ1) is 17.7. The number of nitrogens with zero attached hydrogens (tertiary/aromatic N) is 3. The monoisotopic (exact) mass is 573 g/mol. The van der Waals surface area contributed by atoms with Crippen molar-refractivity contribution in [2.75, 3.05) is 0 Å². The van der Waals surface area contributed by atoms with Crippen molar-refractivity contribution < 1.29 is 4.74 Å². The fourth-order valence-electron chi connectivity index (χ4n) is 4.16. The Balaban J connectivity index is 1.66. The smallest absolute Gasteiger partial charge is 0.282 e. The predicted molar refractivity (Wildman–Crippen MR) is 155 cm³/mol. The summed E-state index contributed by atoms with van der Waals surface area (Å²) in [4.78, 5) is 18.4. The normalized spacial score (nSPS) is 12.0. The molecule has 37 heavy (non-hydrogen) atoms. The molecule has 0 spiro atoms. The highest BCUT2D eigenvalue weighted by Gasteiger charge is 2.23. The average Bonchev–Trinajstić information content (AvgIpc) is 2.87. The highest BCUT2D eigenvalue weighted by molar-refractivity contribution is 9.10. The molecule has 0 aliphatic heterocycles. The molecule has 4 aromatic carbocycles. The van der Waals surface area contributed by atoms with Crippen LogP contribution >= 0.6 is 27.5 Å². The Morgan fingerprint density at radius 1 is 1.00 bits per heavy atom. The van der Waals surface area contributed by atoms with Crippen LogP contribution in [0.3, 0.4) is 0 Å². The molecule has 0 aliphatic carbocycles. The zero-order valence-corrected chi connectivity index (χ0v) is 23.0. The van der Waals surface area contributed by atoms with Gasteiger partial charge in [0.15, 0.2) is 0 Å². The van der Waals surface area contributed by atoms with E-state index in [1.54, 1.807) is 12.3 Å². The molecule has 0 saturated heterocycles. The number of ether oxygens (including phenoxy) is 1. The standard InChI is InChI=1S/C30H25BrClN3O2/c1-30(2,3)29-34-26-14-13-21(31)16-23(26)28(36)35(29)33-17-24-22-10-6-4-8-19(22)12-15-27(24)37-18-20-9-5-7-11-25(20)32/h4-17H,18H2,1-3H3. The summed E-state index contributed by atoms with van der Waals surface area (Å²) < 4.78 is 8.43. The molecule has 0 fully saturated rings. The lowest BCUT2D eigenvalue weighted by Crippen LogP contribution is -2.29. The quantitative estimate of drug-likeness (QED) is 0.202. The van der Waals surface area contributed by atoms with Crippen molar-refractivity contribution in [1.29, 1.82) is 0 Å². The van der Waals surface area contributed by atoms with Crippen LogP contribution in [0.1, 0.15) is 37.7 Å². The maximum Gasteiger partial charge on any atom is 0.282 e. The van der Waals surface area contributed by atoms with Crippen molar-refractivity contribution >= 4 is 55.4 Å². The first-order valence-corrected chi connectivity index (χ1v) is 13.0. The van der Waals surface area contributed by atoms with Gasteiger partial charge in [0.2, 0.25) is 0 Å². The van der Waals surface area contributed by atoms with Gasteiger partial charge in [-0.15, -0.1) is 0 Å². The van der Waals surface area contributed by atoms with E-state index in [1.165, 1.54) is 4.68 Å². The van der Waals surface area contributed by atoms with Crippen LogP contribution in [0, 0.1) is 0 Å². The van der Waals surface area contributed by atoms with Crippen LogP contribution in [-0.4, -0.2) is 15.9 Å². The zero-order valence-electron chi connectivity index (χ0n) is 20.7. The van der Waals surface area contributed by atoms with Gasteiger partial charge in [0.1, 0.15) is 18.2 Å². The second kappa shape index (κ2) is 10.1. The summed E-state index contributed by atoms with van der Waals surface area (Å²) in [5, 5.41) is 7.84. The first kappa shape index (κ1) is 25.2. The molecule has 1 heterocycles. The van der Waals surface area contributed by atoms with Crippen molar-refractivity contribution in [1.82, 2.24) is 9.66 Å². The Labute approximate surface area is 228 Å². The van der Waals surface area contributed by atoms with Gasteiger partial charge in [-0.3, -0.25) is 4.79 Å². The molecule has 5 nitrogen and oxygen atoms in total. The van der Waals surface area contributed by atoms with Crippen molar-refractivity contribution in [3.8, 4) is 5.75 Å². The molecule has 0 aliphatic rings. The lowest BCUT2D eigenvalue weighted by Gasteiger charge is -2.21. The van der Waals surface area contributed by atoms with Gasteiger partial charge in [0.25, 0.3) is 5.56 Å². The van der Waals surface area contributed by atoms with Crippen LogP contribution in [0.4, 0.5) is 0 Å². The Bertz CT molecular complexity index is 1720. The number of halogens is 2. The number of hydrogen-bond donors (Lipinski definition) is 0. The van der Waals surface area contributed by atoms with Crippen molar-refractivity contribution in [3.05, 3.63) is 116 Å². The van der Waals surface area contributed by atoms with Gasteiger partial charge in [-0.1, -0.05) is 96.8 Å². The van der Waals surface area contributed by atoms with E-state index in [0.717, 1.165) is 26.4 Å². The molecule has 0 unspecified atom stereocenters. The summed E-state index contributed by atoms with van der Waals surface area (Å²) in [6.07, 6.45) is 1.69. The number of hydrogen-bond acceptors (Lipinski definition) is 4. The van der Waals surface area contributed by atoms with E-state index in [9.17, 15) is 4.79 Å². The maximum atomic E-state index is 13.6. The largest absolute Gasteiger partial charge is 0.488 e. The van der Waals surface area contributed by atoms with E-state index in [4.69, 9.17) is 26.4 Å². The SMILES string of the molecule is CC(C)(C)c1nc2ccc(Br)cc2c(=O)n1N=Cc1c(OCc2ccccc2Cl)ccc2ccccc12. The molecule has 5 aromatic rings. The molecule has 7 heteroatoms. The molecule has 0 saturated carbocycles. The van der Waals surface area contributed by atoms with Gasteiger partial charge in [0.05, 0.1) is 17.1 Å². The minimum absolute atomic E-state index is 0.230. The van der Waals surface area contributed by atoms with Crippen molar-refractivity contribution in [2.24, 2.45) is 5.10 Å². The summed E-state index contributed by atoms with van der Waals surface area (Å²) in [7, 11) is 0. The molecular weight excluding hydrogens is 550 g/mol. The lowest BCUT2D eigenvalue weighted by atomic mass is 9.95. The van der Waals surface area contributed by atoms with Gasteiger partial charge >= 0.3 is 0 Å². The topological polar surface area (TPSA) is 56.5 Å². The third kappa shape index (κ3) is 5.17. The van der Waals surface area contributed by atoms with Gasteiger partial charge in [-0.25, -0.2) is 4.98 Å². The lowest BCUT2D eigenvalue weighted by molar-refractivity contribution is 0.306. The Morgan fingerprint density at radius 3 is 2.54 bits per heavy atom. The summed E-state index contributed by atoms with van der Waals surface area (Å²) >= 11 is 9.81. The van der Waals surface area contributed by atoms with Crippen LogP contribution in [-0.2, 0) is 12.0 Å². The van der Waals surface area contributed by atoms with Crippen LogP contribution in [0.5, 0.6) is 5.75 Å². The van der Waals surface area contributed by atoms with Crippen LogP contribution in [0.2, 0.25) is 5.02 Å². The predicted octanol–water partition coefficient (Wildman–Crippen LogP) is 7.72. The number of benzene rings is 4. The van der Waals surface area contributed by atoms with E-state index in [-0.39, 0.29) is 5.56 Å². The second-order valence-electron chi connectivity index (χ2n) is 9.79. The van der Waals surface area contributed by atoms with Crippen LogP contribution in [0.25, 0.3) is 21.7 Å². The highest BCUT2D eigenvalue weighted by Crippen LogP contribution is 2.29. The van der Waals surface area contributed by atoms with Crippen LogP contribution < -0.4 is 10.3 Å². The van der Waals surface area contributed by atoms with E-state index < -0.39 is 5.41 Å². The van der Waals surface area contributed by atoms with Gasteiger partial charge in [0, 0.05) is 26.0 Å². The Morgan fingerprint density at radius 2 is 1.76 bits per heavy atom. The molecule has 0 amide bonds. The minimum atomic E-state index is -0.417. The fraction of sp³-hybridized carbons (Fsp3) is 0.167. The van der Waals surface area contributed by atoms with Crippen LogP contribution in [0.15, 0.2) is 93.2 Å². The summed E-state index contributed by atoms with van der Waals surface area (Å²) in [5.41, 5.74) is 1.65. The second-order valence-corrected chi connectivity index (χ2v) is 11.1. The first-order valence-electron chi connectivity index (χ1n) is 11.9. The molecule has 0 bridgehead atoms. The number of rotatable bonds is 5. The van der Waals surface area contributed by atoms with E-state index in [0.29, 0.717) is 34.1 Å². The summed E-state index contributed by atoms with van der Waals surface area (Å²) in [6, 6.07) is 25.0. The average molecular weight is 575 g/mol. The highest BCUT2D eigenvalue weighted by atomic mass is 79.9. The molecule has 0 N–H and O–H groups in total. The van der Waals surface area contributed by atoms with E-state index in [2.05, 4.69) is 15.9 Å². The number of aromatic nitrogens is 2. The minimum Gasteiger partial charge on any atom is -0.488 e. The Hall–Kier alpha value is -3.48. The molecule has 1 aromatic heterocycles. The maximum absolute atomic E-state index is 13.6. The van der Waals surface area contributed by atoms with Crippen molar-refractivity contribution in [2.45, 2.75) is 32.8 Å². The van der Waals surface area contributed by atoms with E-state index >= 15 is 0 Å². The molecular formula is C30H25BrClN3O2. The van der Waals surface area contributed by atoms with Gasteiger partial charge in [-0.2, -0.15) is 9.78 Å². The third-order valence-electron chi connectivity index (χ3n) is 6.05. The van der Waals surface area contributed by atoms with Gasteiger partial charge in [-0.05, 0) is 41.1 Å². The fourth-order valence-corrected chi connectivity index (χ4v) is 4.71. The van der Waals surface area contributed by atoms with Gasteiger partial charge < -0.3 is 4.74 Å². The zero-order chi connectivity index (χ0) is 26.2. The Kier molecular flexibility index (Phi) is 6.88.